The Morgan fingerprint density at radius 3 is 2.82 bits per heavy atom. The van der Waals surface area contributed by atoms with Crippen LogP contribution in [0.3, 0.4) is 0 Å². The van der Waals surface area contributed by atoms with Gasteiger partial charge >= 0.3 is 0 Å². The third-order valence-corrected chi connectivity index (χ3v) is 3.36. The molecule has 94 valence electrons. The average molecular weight is 258 g/mol. The topological polar surface area (TPSA) is 50.7 Å². The molecule has 0 aromatic heterocycles. The lowest BCUT2D eigenvalue weighted by atomic mass is 9.84. The molecule has 2 aliphatic heterocycles. The minimum absolute atomic E-state index is 0. The summed E-state index contributed by atoms with van der Waals surface area (Å²) in [6.45, 7) is 1.63. The van der Waals surface area contributed by atoms with Crippen LogP contribution in [0.5, 0.6) is 11.5 Å². The average Bonchev–Trinajstić information content (AvgIpc) is 2.26. The van der Waals surface area contributed by atoms with Crippen molar-refractivity contribution in [1.82, 2.24) is 5.32 Å². The van der Waals surface area contributed by atoms with Crippen LogP contribution in [0.4, 0.5) is 0 Å². The lowest BCUT2D eigenvalue weighted by Crippen LogP contribution is -2.64. The van der Waals surface area contributed by atoms with E-state index in [0.717, 1.165) is 30.2 Å². The lowest BCUT2D eigenvalue weighted by molar-refractivity contribution is -0.0483. The van der Waals surface area contributed by atoms with Gasteiger partial charge in [0.25, 0.3) is 0 Å². The van der Waals surface area contributed by atoms with Gasteiger partial charge in [-0.1, -0.05) is 0 Å². The van der Waals surface area contributed by atoms with Crippen molar-refractivity contribution >= 4 is 12.4 Å². The molecule has 1 aromatic rings. The van der Waals surface area contributed by atoms with Gasteiger partial charge in [-0.05, 0) is 18.2 Å². The summed E-state index contributed by atoms with van der Waals surface area (Å²) in [4.78, 5) is 0. The van der Waals surface area contributed by atoms with Crippen LogP contribution < -0.4 is 14.8 Å². The van der Waals surface area contributed by atoms with Gasteiger partial charge in [-0.15, -0.1) is 12.4 Å². The molecule has 0 bridgehead atoms. The maximum atomic E-state index is 10.1. The molecule has 17 heavy (non-hydrogen) atoms. The first-order valence-electron chi connectivity index (χ1n) is 5.48. The predicted molar refractivity (Wildman–Crippen MR) is 66.0 cm³/mol. The number of nitrogens with one attached hydrogen (secondary N) is 1. The molecule has 2 aliphatic rings. The van der Waals surface area contributed by atoms with Gasteiger partial charge in [0.15, 0.2) is 0 Å². The first-order valence-corrected chi connectivity index (χ1v) is 5.48. The van der Waals surface area contributed by atoms with Crippen LogP contribution >= 0.6 is 12.4 Å². The smallest absolute Gasteiger partial charge is 0.136 e. The van der Waals surface area contributed by atoms with E-state index in [1.807, 2.05) is 18.2 Å². The van der Waals surface area contributed by atoms with Gasteiger partial charge in [0, 0.05) is 25.1 Å². The van der Waals surface area contributed by atoms with Crippen LogP contribution in [0.25, 0.3) is 0 Å². The summed E-state index contributed by atoms with van der Waals surface area (Å²) in [5.74, 6) is 1.53. The Hall–Kier alpha value is -0.970. The van der Waals surface area contributed by atoms with Crippen LogP contribution in [0, 0.1) is 0 Å². The van der Waals surface area contributed by atoms with Gasteiger partial charge in [-0.3, -0.25) is 0 Å². The second-order valence-electron chi connectivity index (χ2n) is 4.51. The Kier molecular flexibility index (Phi) is 3.21. The van der Waals surface area contributed by atoms with Crippen LogP contribution in [-0.2, 0) is 0 Å². The predicted octanol–water partition coefficient (Wildman–Crippen LogP) is 1.27. The third kappa shape index (κ3) is 1.97. The molecular weight excluding hydrogens is 242 g/mol. The molecule has 1 aromatic carbocycles. The fourth-order valence-corrected chi connectivity index (χ4v) is 2.36. The zero-order valence-corrected chi connectivity index (χ0v) is 10.4. The zero-order valence-electron chi connectivity index (χ0n) is 9.60. The maximum absolute atomic E-state index is 10.1. The Morgan fingerprint density at radius 1 is 1.47 bits per heavy atom. The maximum Gasteiger partial charge on any atom is 0.136 e. The fourth-order valence-electron chi connectivity index (χ4n) is 2.36. The van der Waals surface area contributed by atoms with Gasteiger partial charge in [-0.25, -0.2) is 0 Å². The normalized spacial score (nSPS) is 24.0. The quantitative estimate of drug-likeness (QED) is 0.796. The number of hydrogen-bond donors (Lipinski definition) is 2. The van der Waals surface area contributed by atoms with Crippen molar-refractivity contribution in [2.75, 3.05) is 20.2 Å². The second kappa shape index (κ2) is 4.37. The number of methoxy groups -OCH3 is 1. The van der Waals surface area contributed by atoms with Gasteiger partial charge in [-0.2, -0.15) is 0 Å². The van der Waals surface area contributed by atoms with Crippen molar-refractivity contribution in [2.24, 2.45) is 0 Å². The minimum Gasteiger partial charge on any atom is -0.497 e. The molecular formula is C12H16ClNO3. The lowest BCUT2D eigenvalue weighted by Gasteiger charge is -2.47. The van der Waals surface area contributed by atoms with Crippen LogP contribution in [-0.4, -0.2) is 30.9 Å². The van der Waals surface area contributed by atoms with Crippen molar-refractivity contribution in [3.05, 3.63) is 23.8 Å². The Morgan fingerprint density at radius 2 is 2.24 bits per heavy atom. The zero-order chi connectivity index (χ0) is 11.2. The minimum atomic E-state index is -0.457. The molecule has 0 saturated carbocycles. The molecule has 2 heterocycles. The van der Waals surface area contributed by atoms with Crippen LogP contribution in [0.1, 0.15) is 18.1 Å². The van der Waals surface area contributed by atoms with Crippen molar-refractivity contribution in [2.45, 2.75) is 18.1 Å². The molecule has 2 N–H and O–H groups in total. The summed E-state index contributed by atoms with van der Waals surface area (Å²) < 4.78 is 11.1. The highest BCUT2D eigenvalue weighted by atomic mass is 35.5. The Labute approximate surface area is 106 Å². The number of halogens is 1. The van der Waals surface area contributed by atoms with Gasteiger partial charge in [0.2, 0.25) is 0 Å². The van der Waals surface area contributed by atoms with E-state index in [1.165, 1.54) is 0 Å². The number of aliphatic hydroxyl groups excluding tert-OH is 1. The molecule has 0 amide bonds. The summed E-state index contributed by atoms with van der Waals surface area (Å²) in [5.41, 5.74) is 0.637. The molecule has 1 spiro atoms. The van der Waals surface area contributed by atoms with Crippen LogP contribution in [0.15, 0.2) is 18.2 Å². The highest BCUT2D eigenvalue weighted by Crippen LogP contribution is 2.42. The van der Waals surface area contributed by atoms with Crippen molar-refractivity contribution in [3.63, 3.8) is 0 Å². The summed E-state index contributed by atoms with van der Waals surface area (Å²) in [6, 6.07) is 5.58. The summed E-state index contributed by atoms with van der Waals surface area (Å²) in [6.07, 6.45) is 0.195. The number of aliphatic hydroxyl groups is 1. The number of ether oxygens (including phenoxy) is 2. The molecule has 0 aliphatic carbocycles. The monoisotopic (exact) mass is 257 g/mol. The summed E-state index contributed by atoms with van der Waals surface area (Å²) in [5, 5.41) is 13.3. The SMILES string of the molecule is COc1ccc2c(c1)C(O)CC1(CNC1)O2.Cl. The Bertz CT molecular complexity index is 420. The van der Waals surface area contributed by atoms with Crippen molar-refractivity contribution < 1.29 is 14.6 Å². The van der Waals surface area contributed by atoms with E-state index in [1.54, 1.807) is 7.11 Å². The number of benzene rings is 1. The van der Waals surface area contributed by atoms with Gasteiger partial charge in [0.05, 0.1) is 13.2 Å². The van der Waals surface area contributed by atoms with E-state index >= 15 is 0 Å². The Balaban J connectivity index is 0.00000108. The molecule has 0 radical (unpaired) electrons. The van der Waals surface area contributed by atoms with E-state index < -0.39 is 6.10 Å². The van der Waals surface area contributed by atoms with Crippen molar-refractivity contribution in [1.29, 1.82) is 0 Å². The molecule has 1 unspecified atom stereocenters. The van der Waals surface area contributed by atoms with E-state index in [0.29, 0.717) is 6.42 Å². The largest absolute Gasteiger partial charge is 0.497 e. The van der Waals surface area contributed by atoms with Crippen molar-refractivity contribution in [3.8, 4) is 11.5 Å². The van der Waals surface area contributed by atoms with Gasteiger partial charge < -0.3 is 19.9 Å². The number of rotatable bonds is 1. The van der Waals surface area contributed by atoms with Gasteiger partial charge in [0.1, 0.15) is 17.1 Å². The first kappa shape index (κ1) is 12.5. The highest BCUT2D eigenvalue weighted by Gasteiger charge is 2.45. The molecule has 1 atom stereocenters. The molecule has 4 nitrogen and oxygen atoms in total. The summed E-state index contributed by atoms with van der Waals surface area (Å²) >= 11 is 0. The van der Waals surface area contributed by atoms with Crippen LogP contribution in [0.2, 0.25) is 0 Å². The standard InChI is InChI=1S/C12H15NO3.ClH/c1-15-8-2-3-11-9(4-8)10(14)5-12(16-11)6-13-7-12;/h2-4,10,13-14H,5-7H2,1H3;1H. The molecule has 1 saturated heterocycles. The number of hydrogen-bond acceptors (Lipinski definition) is 4. The van der Waals surface area contributed by atoms with E-state index in [4.69, 9.17) is 9.47 Å². The molecule has 5 heteroatoms. The second-order valence-corrected chi connectivity index (χ2v) is 4.51. The van der Waals surface area contributed by atoms with E-state index in [9.17, 15) is 5.11 Å². The highest BCUT2D eigenvalue weighted by molar-refractivity contribution is 5.85. The van der Waals surface area contributed by atoms with E-state index in [-0.39, 0.29) is 18.0 Å². The third-order valence-electron chi connectivity index (χ3n) is 3.36. The first-order chi connectivity index (χ1) is 7.72. The van der Waals surface area contributed by atoms with E-state index in [2.05, 4.69) is 5.32 Å². The number of fused-ring (bicyclic) bond motifs is 1. The molecule has 3 rings (SSSR count). The fraction of sp³-hybridized carbons (Fsp3) is 0.500. The summed E-state index contributed by atoms with van der Waals surface area (Å²) in [7, 11) is 1.62. The molecule has 1 fully saturated rings.